The second-order valence-electron chi connectivity index (χ2n) is 6.94. The van der Waals surface area contributed by atoms with Crippen molar-refractivity contribution in [2.45, 2.75) is 33.4 Å². The van der Waals surface area contributed by atoms with Crippen molar-refractivity contribution in [1.29, 1.82) is 5.26 Å². The molecule has 7 heteroatoms. The standard InChI is InChI=1S/C21H21N7/c1-14-3-4-20(17(7-14)8-22)28-6-5-19-18(12-28)21(27-13-26-19)25-11-16-9-23-15(2)24-10-16/h3-4,7,9-10,13H,5-6,11-12H2,1-2H3,(H,25,26,27). The maximum Gasteiger partial charge on any atom is 0.134 e. The van der Waals surface area contributed by atoms with E-state index < -0.39 is 0 Å². The summed E-state index contributed by atoms with van der Waals surface area (Å²) in [6.45, 7) is 5.96. The lowest BCUT2D eigenvalue weighted by Gasteiger charge is -2.31. The third-order valence-electron chi connectivity index (χ3n) is 4.91. The van der Waals surface area contributed by atoms with Gasteiger partial charge in [-0.05, 0) is 31.5 Å². The summed E-state index contributed by atoms with van der Waals surface area (Å²) < 4.78 is 0. The van der Waals surface area contributed by atoms with Crippen LogP contribution in [-0.2, 0) is 19.5 Å². The second-order valence-corrected chi connectivity index (χ2v) is 6.94. The van der Waals surface area contributed by atoms with Gasteiger partial charge in [0.1, 0.15) is 24.0 Å². The van der Waals surface area contributed by atoms with Crippen molar-refractivity contribution in [3.63, 3.8) is 0 Å². The van der Waals surface area contributed by atoms with E-state index in [0.29, 0.717) is 18.7 Å². The van der Waals surface area contributed by atoms with Crippen LogP contribution in [-0.4, -0.2) is 26.5 Å². The van der Waals surface area contributed by atoms with Gasteiger partial charge in [0.2, 0.25) is 0 Å². The molecule has 3 heterocycles. The van der Waals surface area contributed by atoms with Gasteiger partial charge in [-0.3, -0.25) is 0 Å². The molecule has 4 rings (SSSR count). The first-order valence-electron chi connectivity index (χ1n) is 9.24. The summed E-state index contributed by atoms with van der Waals surface area (Å²) in [7, 11) is 0. The van der Waals surface area contributed by atoms with E-state index >= 15 is 0 Å². The zero-order valence-electron chi connectivity index (χ0n) is 16.0. The molecule has 0 saturated heterocycles. The van der Waals surface area contributed by atoms with Crippen molar-refractivity contribution < 1.29 is 0 Å². The van der Waals surface area contributed by atoms with Gasteiger partial charge in [-0.2, -0.15) is 5.26 Å². The minimum Gasteiger partial charge on any atom is -0.366 e. The predicted octanol–water partition coefficient (Wildman–Crippen LogP) is 2.93. The summed E-state index contributed by atoms with van der Waals surface area (Å²) in [5, 5.41) is 12.9. The van der Waals surface area contributed by atoms with Crippen LogP contribution >= 0.6 is 0 Å². The Morgan fingerprint density at radius 2 is 1.96 bits per heavy atom. The number of aryl methyl sites for hydroxylation is 2. The molecule has 0 spiro atoms. The SMILES string of the molecule is Cc1ccc(N2CCc3ncnc(NCc4cnc(C)nc4)c3C2)c(C#N)c1. The lowest BCUT2D eigenvalue weighted by atomic mass is 10.0. The number of hydrogen-bond acceptors (Lipinski definition) is 7. The first-order chi connectivity index (χ1) is 13.6. The van der Waals surface area contributed by atoms with E-state index in [9.17, 15) is 5.26 Å². The quantitative estimate of drug-likeness (QED) is 0.754. The summed E-state index contributed by atoms with van der Waals surface area (Å²) in [5.41, 5.74) is 5.87. The topological polar surface area (TPSA) is 90.6 Å². The van der Waals surface area contributed by atoms with E-state index in [4.69, 9.17) is 0 Å². The van der Waals surface area contributed by atoms with E-state index in [1.807, 2.05) is 44.4 Å². The number of rotatable bonds is 4. The van der Waals surface area contributed by atoms with Gasteiger partial charge in [0.05, 0.1) is 16.9 Å². The number of nitriles is 1. The highest BCUT2D eigenvalue weighted by Crippen LogP contribution is 2.29. The Labute approximate surface area is 164 Å². The third kappa shape index (κ3) is 3.62. The van der Waals surface area contributed by atoms with Crippen molar-refractivity contribution in [2.24, 2.45) is 0 Å². The van der Waals surface area contributed by atoms with Crippen molar-refractivity contribution >= 4 is 11.5 Å². The van der Waals surface area contributed by atoms with Crippen LogP contribution in [0.25, 0.3) is 0 Å². The molecule has 1 aromatic carbocycles. The Balaban J connectivity index is 1.58. The summed E-state index contributed by atoms with van der Waals surface area (Å²) >= 11 is 0. The van der Waals surface area contributed by atoms with Crippen LogP contribution in [0.15, 0.2) is 36.9 Å². The molecule has 0 unspecified atom stereocenters. The monoisotopic (exact) mass is 371 g/mol. The Kier molecular flexibility index (Phi) is 4.85. The molecule has 0 fully saturated rings. The molecule has 0 radical (unpaired) electrons. The first-order valence-corrected chi connectivity index (χ1v) is 9.24. The maximum absolute atomic E-state index is 9.53. The van der Waals surface area contributed by atoms with Gasteiger partial charge in [-0.15, -0.1) is 0 Å². The smallest absolute Gasteiger partial charge is 0.134 e. The normalized spacial score (nSPS) is 13.0. The van der Waals surface area contributed by atoms with Crippen molar-refractivity contribution in [1.82, 2.24) is 19.9 Å². The molecule has 0 aliphatic carbocycles. The summed E-state index contributed by atoms with van der Waals surface area (Å²) in [6, 6.07) is 8.33. The molecule has 1 aliphatic rings. The molecule has 0 bridgehead atoms. The van der Waals surface area contributed by atoms with Gasteiger partial charge >= 0.3 is 0 Å². The predicted molar refractivity (Wildman–Crippen MR) is 107 cm³/mol. The molecule has 7 nitrogen and oxygen atoms in total. The Hall–Kier alpha value is -3.53. The van der Waals surface area contributed by atoms with Crippen LogP contribution in [0.2, 0.25) is 0 Å². The van der Waals surface area contributed by atoms with Crippen molar-refractivity contribution in [2.75, 3.05) is 16.8 Å². The number of anilines is 2. The molecular formula is C21H21N7. The Morgan fingerprint density at radius 3 is 2.75 bits per heavy atom. The van der Waals surface area contributed by atoms with Crippen molar-refractivity contribution in [3.05, 3.63) is 70.7 Å². The third-order valence-corrected chi connectivity index (χ3v) is 4.91. The van der Waals surface area contributed by atoms with E-state index in [1.54, 1.807) is 6.33 Å². The van der Waals surface area contributed by atoms with Crippen molar-refractivity contribution in [3.8, 4) is 6.07 Å². The average molecular weight is 371 g/mol. The number of benzene rings is 1. The van der Waals surface area contributed by atoms with E-state index in [1.165, 1.54) is 0 Å². The number of hydrogen-bond donors (Lipinski definition) is 1. The summed E-state index contributed by atoms with van der Waals surface area (Å²) in [6.07, 6.45) is 6.07. The molecule has 3 aromatic rings. The fourth-order valence-electron chi connectivity index (χ4n) is 3.41. The molecule has 0 amide bonds. The van der Waals surface area contributed by atoms with E-state index in [-0.39, 0.29) is 0 Å². The highest BCUT2D eigenvalue weighted by molar-refractivity contribution is 5.62. The van der Waals surface area contributed by atoms with Crippen LogP contribution in [0.3, 0.4) is 0 Å². The summed E-state index contributed by atoms with van der Waals surface area (Å²) in [5.74, 6) is 1.58. The van der Waals surface area contributed by atoms with Gasteiger partial charge < -0.3 is 10.2 Å². The average Bonchev–Trinajstić information content (AvgIpc) is 2.73. The second kappa shape index (κ2) is 7.61. The van der Waals surface area contributed by atoms with Gasteiger partial charge in [-0.25, -0.2) is 19.9 Å². The minimum atomic E-state index is 0.595. The van der Waals surface area contributed by atoms with E-state index in [0.717, 1.165) is 52.7 Å². The molecule has 0 saturated carbocycles. The molecule has 0 atom stereocenters. The molecule has 28 heavy (non-hydrogen) atoms. The lowest BCUT2D eigenvalue weighted by molar-refractivity contribution is 0.705. The highest BCUT2D eigenvalue weighted by Gasteiger charge is 2.23. The lowest BCUT2D eigenvalue weighted by Crippen LogP contribution is -2.32. The zero-order chi connectivity index (χ0) is 19.5. The van der Waals surface area contributed by atoms with Crippen LogP contribution in [0.4, 0.5) is 11.5 Å². The number of nitrogens with zero attached hydrogens (tertiary/aromatic N) is 6. The van der Waals surface area contributed by atoms with Gasteiger partial charge in [-0.1, -0.05) is 6.07 Å². The Bertz CT molecular complexity index is 1040. The summed E-state index contributed by atoms with van der Waals surface area (Å²) in [4.78, 5) is 19.6. The van der Waals surface area contributed by atoms with Crippen LogP contribution in [0.5, 0.6) is 0 Å². The number of nitrogens with one attached hydrogen (secondary N) is 1. The fourth-order valence-corrected chi connectivity index (χ4v) is 3.41. The molecule has 1 N–H and O–H groups in total. The van der Waals surface area contributed by atoms with E-state index in [2.05, 4.69) is 36.2 Å². The van der Waals surface area contributed by atoms with Gasteiger partial charge in [0.15, 0.2) is 0 Å². The maximum atomic E-state index is 9.53. The first kappa shape index (κ1) is 17.9. The van der Waals surface area contributed by atoms with Gasteiger partial charge in [0, 0.05) is 49.6 Å². The minimum absolute atomic E-state index is 0.595. The highest BCUT2D eigenvalue weighted by atomic mass is 15.2. The largest absolute Gasteiger partial charge is 0.366 e. The zero-order valence-corrected chi connectivity index (χ0v) is 16.0. The van der Waals surface area contributed by atoms with Crippen LogP contribution < -0.4 is 10.2 Å². The molecule has 2 aromatic heterocycles. The molecule has 140 valence electrons. The number of fused-ring (bicyclic) bond motifs is 1. The number of aromatic nitrogens is 4. The molecule has 1 aliphatic heterocycles. The van der Waals surface area contributed by atoms with Gasteiger partial charge in [0.25, 0.3) is 0 Å². The fraction of sp³-hybridized carbons (Fsp3) is 0.286. The van der Waals surface area contributed by atoms with Crippen LogP contribution in [0, 0.1) is 25.2 Å². The molecular weight excluding hydrogens is 350 g/mol. The Morgan fingerprint density at radius 1 is 1.14 bits per heavy atom. The van der Waals surface area contributed by atoms with Crippen LogP contribution in [0.1, 0.15) is 33.8 Å².